The van der Waals surface area contributed by atoms with E-state index in [0.29, 0.717) is 12.8 Å². The third-order valence-electron chi connectivity index (χ3n) is 5.22. The predicted octanol–water partition coefficient (Wildman–Crippen LogP) is 4.23. The molecule has 0 spiro atoms. The zero-order valence-electron chi connectivity index (χ0n) is 17.4. The third-order valence-corrected chi connectivity index (χ3v) is 10.0. The average molecular weight is 404 g/mol. The maximum atomic E-state index is 12.6. The molecule has 0 fully saturated rings. The zero-order valence-corrected chi connectivity index (χ0v) is 18.4. The van der Waals surface area contributed by atoms with Crippen LogP contribution in [0.5, 0.6) is 0 Å². The number of hydrogen-bond donors (Lipinski definition) is 1. The second kappa shape index (κ2) is 9.20. The van der Waals surface area contributed by atoms with Crippen LogP contribution < -0.4 is 15.9 Å². The van der Waals surface area contributed by atoms with Crippen molar-refractivity contribution >= 4 is 24.6 Å². The Morgan fingerprint density at radius 3 is 1.69 bits per heavy atom. The smallest absolute Gasteiger partial charge is 0.295 e. The lowest BCUT2D eigenvalue weighted by molar-refractivity contribution is -0.128. The van der Waals surface area contributed by atoms with Gasteiger partial charge in [0.1, 0.15) is 0 Å². The van der Waals surface area contributed by atoms with Crippen LogP contribution in [0, 0.1) is 0 Å². The monoisotopic (exact) mass is 403 g/mol. The molecule has 3 rings (SSSR count). The molecule has 0 unspecified atom stereocenters. The quantitative estimate of drug-likeness (QED) is 0.474. The Labute approximate surface area is 174 Å². The Morgan fingerprint density at radius 1 is 0.793 bits per heavy atom. The maximum Gasteiger partial charge on any atom is 0.295 e. The van der Waals surface area contributed by atoms with E-state index in [0.717, 1.165) is 15.9 Å². The Hall–Kier alpha value is -2.69. The van der Waals surface area contributed by atoms with E-state index < -0.39 is 8.32 Å². The number of amides is 1. The molecule has 4 heteroatoms. The number of carbonyl (C=O) groups excluding carboxylic acids is 1. The predicted molar refractivity (Wildman–Crippen MR) is 122 cm³/mol. The van der Waals surface area contributed by atoms with Gasteiger partial charge >= 0.3 is 0 Å². The molecule has 0 aliphatic rings. The molecule has 0 heterocycles. The minimum atomic E-state index is -2.75. The van der Waals surface area contributed by atoms with E-state index in [-0.39, 0.29) is 10.9 Å². The van der Waals surface area contributed by atoms with Gasteiger partial charge in [0.15, 0.2) is 0 Å². The van der Waals surface area contributed by atoms with Crippen LogP contribution in [-0.4, -0.2) is 14.2 Å². The van der Waals surface area contributed by atoms with E-state index in [1.54, 1.807) is 0 Å². The molecule has 0 bridgehead atoms. The van der Waals surface area contributed by atoms with Crippen LogP contribution in [-0.2, 0) is 15.7 Å². The van der Waals surface area contributed by atoms with Crippen LogP contribution in [0.4, 0.5) is 0 Å². The fourth-order valence-electron chi connectivity index (χ4n) is 3.74. The first-order chi connectivity index (χ1) is 13.9. The summed E-state index contributed by atoms with van der Waals surface area (Å²) in [5.74, 6) is -0.0955. The van der Waals surface area contributed by atoms with Crippen LogP contribution in [0.3, 0.4) is 0 Å². The van der Waals surface area contributed by atoms with E-state index in [4.69, 9.17) is 4.53 Å². The van der Waals surface area contributed by atoms with Crippen molar-refractivity contribution in [3.63, 3.8) is 0 Å². The van der Waals surface area contributed by atoms with Crippen LogP contribution in [0.15, 0.2) is 91.0 Å². The van der Waals surface area contributed by atoms with E-state index in [9.17, 15) is 4.79 Å². The van der Waals surface area contributed by atoms with Crippen molar-refractivity contribution in [3.05, 3.63) is 96.6 Å². The SMILES string of the molecule is CC(C)(C)[Si](ONC(=O)CCc1ccccc1)(c1ccccc1)c1ccccc1. The first kappa shape index (κ1) is 21.0. The van der Waals surface area contributed by atoms with Crippen molar-refractivity contribution in [1.82, 2.24) is 5.48 Å². The normalized spacial score (nSPS) is 11.8. The zero-order chi connectivity index (χ0) is 20.7. The second-order valence-electron chi connectivity index (χ2n) is 8.28. The first-order valence-electron chi connectivity index (χ1n) is 10.1. The molecule has 3 aromatic carbocycles. The minimum Gasteiger partial charge on any atom is -0.308 e. The fraction of sp³-hybridized carbons (Fsp3) is 0.240. The maximum absolute atomic E-state index is 12.6. The number of aryl methyl sites for hydroxylation is 1. The van der Waals surface area contributed by atoms with Crippen LogP contribution in [0.2, 0.25) is 5.04 Å². The Bertz CT molecular complexity index is 866. The number of benzene rings is 3. The summed E-state index contributed by atoms with van der Waals surface area (Å²) in [6, 6.07) is 30.6. The van der Waals surface area contributed by atoms with Gasteiger partial charge in [-0.25, -0.2) is 5.48 Å². The third kappa shape index (κ3) is 4.84. The number of nitrogens with one attached hydrogen (secondary N) is 1. The van der Waals surface area contributed by atoms with Gasteiger partial charge in [0.25, 0.3) is 8.32 Å². The highest BCUT2D eigenvalue weighted by atomic mass is 28.4. The molecule has 1 amide bonds. The lowest BCUT2D eigenvalue weighted by Crippen LogP contribution is -2.68. The van der Waals surface area contributed by atoms with Gasteiger partial charge in [-0.15, -0.1) is 0 Å². The molecule has 1 N–H and O–H groups in total. The van der Waals surface area contributed by atoms with Gasteiger partial charge in [0, 0.05) is 6.42 Å². The highest BCUT2D eigenvalue weighted by Crippen LogP contribution is 2.36. The Balaban J connectivity index is 1.86. The second-order valence-corrected chi connectivity index (χ2v) is 12.5. The van der Waals surface area contributed by atoms with Crippen molar-refractivity contribution in [1.29, 1.82) is 0 Å². The minimum absolute atomic E-state index is 0.0955. The molecule has 0 saturated heterocycles. The van der Waals surface area contributed by atoms with Gasteiger partial charge in [-0.1, -0.05) is 112 Å². The molecule has 29 heavy (non-hydrogen) atoms. The molecule has 3 aromatic rings. The average Bonchev–Trinajstić information content (AvgIpc) is 2.74. The van der Waals surface area contributed by atoms with Gasteiger partial charge in [-0.3, -0.25) is 4.79 Å². The van der Waals surface area contributed by atoms with Crippen LogP contribution in [0.1, 0.15) is 32.8 Å². The fourth-order valence-corrected chi connectivity index (χ4v) is 7.93. The summed E-state index contributed by atoms with van der Waals surface area (Å²) in [5.41, 5.74) is 3.97. The lowest BCUT2D eigenvalue weighted by atomic mass is 10.1. The summed E-state index contributed by atoms with van der Waals surface area (Å²) in [7, 11) is -2.75. The molecule has 0 aliphatic carbocycles. The van der Waals surface area contributed by atoms with E-state index in [1.807, 2.05) is 66.7 Å². The first-order valence-corrected chi connectivity index (χ1v) is 12.0. The molecule has 3 nitrogen and oxygen atoms in total. The molecule has 0 radical (unpaired) electrons. The van der Waals surface area contributed by atoms with Crippen molar-refractivity contribution < 1.29 is 9.32 Å². The Morgan fingerprint density at radius 2 is 1.24 bits per heavy atom. The van der Waals surface area contributed by atoms with E-state index >= 15 is 0 Å². The van der Waals surface area contributed by atoms with Crippen molar-refractivity contribution in [2.75, 3.05) is 0 Å². The highest BCUT2D eigenvalue weighted by molar-refractivity contribution is 6.99. The van der Waals surface area contributed by atoms with Gasteiger partial charge in [-0.2, -0.15) is 0 Å². The summed E-state index contributed by atoms with van der Waals surface area (Å²) >= 11 is 0. The van der Waals surface area contributed by atoms with Crippen molar-refractivity contribution in [3.8, 4) is 0 Å². The van der Waals surface area contributed by atoms with Gasteiger partial charge in [-0.05, 0) is 27.4 Å². The van der Waals surface area contributed by atoms with Gasteiger partial charge in [0.05, 0.1) is 0 Å². The largest absolute Gasteiger partial charge is 0.308 e. The van der Waals surface area contributed by atoms with Crippen LogP contribution >= 0.6 is 0 Å². The number of hydroxylamine groups is 1. The molecule has 0 aromatic heterocycles. The van der Waals surface area contributed by atoms with Crippen LogP contribution in [0.25, 0.3) is 0 Å². The van der Waals surface area contributed by atoms with Crippen molar-refractivity contribution in [2.24, 2.45) is 0 Å². The Kier molecular flexibility index (Phi) is 6.67. The molecule has 0 saturated carbocycles. The molecule has 0 aliphatic heterocycles. The summed E-state index contributed by atoms with van der Waals surface area (Å²) < 4.78 is 6.46. The molecule has 0 atom stereocenters. The van der Waals surface area contributed by atoms with E-state index in [1.165, 1.54) is 0 Å². The summed E-state index contributed by atoms with van der Waals surface area (Å²) in [6.45, 7) is 6.57. The number of hydrogen-bond acceptors (Lipinski definition) is 2. The molecular formula is C25H29NO2Si. The number of carbonyl (C=O) groups is 1. The number of rotatable bonds is 7. The highest BCUT2D eigenvalue weighted by Gasteiger charge is 2.51. The summed E-state index contributed by atoms with van der Waals surface area (Å²) in [4.78, 5) is 12.6. The standard InChI is InChI=1S/C25H29NO2Si/c1-25(2,3)29(22-15-9-5-10-16-22,23-17-11-6-12-18-23)28-26-24(27)20-19-21-13-7-4-8-14-21/h4-18H,19-20H2,1-3H3,(H,26,27). The van der Waals surface area contributed by atoms with Gasteiger partial charge < -0.3 is 4.53 Å². The summed E-state index contributed by atoms with van der Waals surface area (Å²) in [6.07, 6.45) is 1.08. The van der Waals surface area contributed by atoms with Crippen molar-refractivity contribution in [2.45, 2.75) is 38.7 Å². The topological polar surface area (TPSA) is 38.3 Å². The van der Waals surface area contributed by atoms with E-state index in [2.05, 4.69) is 50.5 Å². The lowest BCUT2D eigenvalue weighted by Gasteiger charge is -2.41. The molecular weight excluding hydrogens is 374 g/mol. The molecule has 150 valence electrons. The summed E-state index contributed by atoms with van der Waals surface area (Å²) in [5, 5.41) is 2.10. The van der Waals surface area contributed by atoms with Gasteiger partial charge in [0.2, 0.25) is 5.91 Å².